The van der Waals surface area contributed by atoms with Crippen LogP contribution in [0.3, 0.4) is 0 Å². The van der Waals surface area contributed by atoms with Crippen molar-refractivity contribution in [1.29, 1.82) is 0 Å². The van der Waals surface area contributed by atoms with Crippen molar-refractivity contribution >= 4 is 5.78 Å². The standard InChI is InChI=1S/C17H33NO3/c1-14(2)21-13-15-7-6-9-18(15)10-12-20-11-8-16(19)17(3,4)5/h14-15H,6-13H2,1-5H3/t15-/m0/s1. The topological polar surface area (TPSA) is 38.8 Å². The van der Waals surface area contributed by atoms with Crippen molar-refractivity contribution in [2.75, 3.05) is 32.9 Å². The van der Waals surface area contributed by atoms with Crippen molar-refractivity contribution in [3.8, 4) is 0 Å². The number of Topliss-reactive ketones (excluding diaryl/α,β-unsaturated/α-hetero) is 1. The van der Waals surface area contributed by atoms with Gasteiger partial charge in [-0.15, -0.1) is 0 Å². The molecule has 0 saturated carbocycles. The van der Waals surface area contributed by atoms with E-state index in [9.17, 15) is 4.79 Å². The van der Waals surface area contributed by atoms with Gasteiger partial charge in [0.05, 0.1) is 25.9 Å². The van der Waals surface area contributed by atoms with Gasteiger partial charge >= 0.3 is 0 Å². The minimum atomic E-state index is -0.252. The molecule has 0 spiro atoms. The second-order valence-corrected chi connectivity index (χ2v) is 7.25. The first-order valence-corrected chi connectivity index (χ1v) is 8.27. The number of hydrogen-bond donors (Lipinski definition) is 0. The molecule has 0 aromatic rings. The van der Waals surface area contributed by atoms with Gasteiger partial charge in [0, 0.05) is 24.4 Å². The van der Waals surface area contributed by atoms with E-state index in [4.69, 9.17) is 9.47 Å². The zero-order valence-corrected chi connectivity index (χ0v) is 14.5. The molecule has 0 amide bonds. The summed E-state index contributed by atoms with van der Waals surface area (Å²) in [4.78, 5) is 14.2. The van der Waals surface area contributed by atoms with Crippen molar-refractivity contribution in [3.63, 3.8) is 0 Å². The molecule has 124 valence electrons. The summed E-state index contributed by atoms with van der Waals surface area (Å²) in [7, 11) is 0. The molecule has 0 aliphatic carbocycles. The molecule has 1 aliphatic heterocycles. The zero-order chi connectivity index (χ0) is 15.9. The van der Waals surface area contributed by atoms with E-state index in [0.29, 0.717) is 31.8 Å². The van der Waals surface area contributed by atoms with Gasteiger partial charge in [0.2, 0.25) is 0 Å². The van der Waals surface area contributed by atoms with E-state index in [1.54, 1.807) is 0 Å². The molecule has 0 unspecified atom stereocenters. The zero-order valence-electron chi connectivity index (χ0n) is 14.5. The Labute approximate surface area is 130 Å². The Morgan fingerprint density at radius 2 is 2.00 bits per heavy atom. The first kappa shape index (κ1) is 18.6. The fraction of sp³-hybridized carbons (Fsp3) is 0.941. The first-order chi connectivity index (χ1) is 9.80. The molecule has 0 aromatic carbocycles. The van der Waals surface area contributed by atoms with E-state index in [1.807, 2.05) is 20.8 Å². The third kappa shape index (κ3) is 7.39. The van der Waals surface area contributed by atoms with Gasteiger partial charge in [0.15, 0.2) is 0 Å². The Balaban J connectivity index is 2.13. The van der Waals surface area contributed by atoms with E-state index in [2.05, 4.69) is 18.7 Å². The molecular formula is C17H33NO3. The number of ether oxygens (including phenoxy) is 2. The van der Waals surface area contributed by atoms with Crippen LogP contribution in [0.15, 0.2) is 0 Å². The van der Waals surface area contributed by atoms with Crippen LogP contribution in [-0.2, 0) is 14.3 Å². The van der Waals surface area contributed by atoms with Crippen LogP contribution >= 0.6 is 0 Å². The number of likely N-dealkylation sites (tertiary alicyclic amines) is 1. The highest BCUT2D eigenvalue weighted by molar-refractivity contribution is 5.83. The number of hydrogen-bond acceptors (Lipinski definition) is 4. The van der Waals surface area contributed by atoms with E-state index >= 15 is 0 Å². The lowest BCUT2D eigenvalue weighted by Crippen LogP contribution is -2.36. The van der Waals surface area contributed by atoms with Crippen LogP contribution in [0.2, 0.25) is 0 Å². The highest BCUT2D eigenvalue weighted by Crippen LogP contribution is 2.18. The molecule has 21 heavy (non-hydrogen) atoms. The summed E-state index contributed by atoms with van der Waals surface area (Å²) in [6.45, 7) is 14.2. The largest absolute Gasteiger partial charge is 0.380 e. The van der Waals surface area contributed by atoms with Gasteiger partial charge in [-0.05, 0) is 33.2 Å². The van der Waals surface area contributed by atoms with E-state index < -0.39 is 0 Å². The van der Waals surface area contributed by atoms with Crippen LogP contribution in [0.5, 0.6) is 0 Å². The third-order valence-corrected chi connectivity index (χ3v) is 3.95. The van der Waals surface area contributed by atoms with Gasteiger partial charge in [-0.25, -0.2) is 0 Å². The maximum Gasteiger partial charge on any atom is 0.140 e. The highest BCUT2D eigenvalue weighted by atomic mass is 16.5. The lowest BCUT2D eigenvalue weighted by molar-refractivity contribution is -0.127. The van der Waals surface area contributed by atoms with Crippen LogP contribution in [0, 0.1) is 5.41 Å². The van der Waals surface area contributed by atoms with Crippen LogP contribution in [0.25, 0.3) is 0 Å². The SMILES string of the molecule is CC(C)OC[C@@H]1CCCN1CCOCCC(=O)C(C)(C)C. The Hall–Kier alpha value is -0.450. The molecule has 0 bridgehead atoms. The van der Waals surface area contributed by atoms with Gasteiger partial charge in [-0.2, -0.15) is 0 Å². The fourth-order valence-corrected chi connectivity index (χ4v) is 2.51. The summed E-state index contributed by atoms with van der Waals surface area (Å²) < 4.78 is 11.4. The van der Waals surface area contributed by atoms with Gasteiger partial charge in [0.1, 0.15) is 5.78 Å². The number of nitrogens with zero attached hydrogens (tertiary/aromatic N) is 1. The monoisotopic (exact) mass is 299 g/mol. The van der Waals surface area contributed by atoms with Gasteiger partial charge < -0.3 is 9.47 Å². The smallest absolute Gasteiger partial charge is 0.140 e. The van der Waals surface area contributed by atoms with Crippen LogP contribution in [0.4, 0.5) is 0 Å². The average molecular weight is 299 g/mol. The molecular weight excluding hydrogens is 266 g/mol. The number of ketones is 1. The molecule has 0 N–H and O–H groups in total. The molecule has 1 saturated heterocycles. The molecule has 1 atom stereocenters. The summed E-state index contributed by atoms with van der Waals surface area (Å²) in [6.07, 6.45) is 3.28. The molecule has 1 aliphatic rings. The molecule has 1 fully saturated rings. The maximum atomic E-state index is 11.8. The van der Waals surface area contributed by atoms with Crippen molar-refractivity contribution in [2.24, 2.45) is 5.41 Å². The molecule has 0 aromatic heterocycles. The predicted molar refractivity (Wildman–Crippen MR) is 85.6 cm³/mol. The number of rotatable bonds is 9. The molecule has 1 rings (SSSR count). The minimum Gasteiger partial charge on any atom is -0.380 e. The van der Waals surface area contributed by atoms with E-state index in [-0.39, 0.29) is 11.2 Å². The third-order valence-electron chi connectivity index (χ3n) is 3.95. The van der Waals surface area contributed by atoms with Crippen molar-refractivity contribution in [3.05, 3.63) is 0 Å². The number of carbonyl (C=O) groups is 1. The Bertz CT molecular complexity index is 310. The summed E-state index contributed by atoms with van der Waals surface area (Å²) in [5, 5.41) is 0. The Kier molecular flexibility index (Phi) is 7.85. The van der Waals surface area contributed by atoms with Crippen LogP contribution in [0.1, 0.15) is 53.9 Å². The first-order valence-electron chi connectivity index (χ1n) is 8.27. The molecule has 1 heterocycles. The molecule has 0 radical (unpaired) electrons. The minimum absolute atomic E-state index is 0.252. The summed E-state index contributed by atoms with van der Waals surface area (Å²) in [6, 6.07) is 0.534. The maximum absolute atomic E-state index is 11.8. The summed E-state index contributed by atoms with van der Waals surface area (Å²) in [5.74, 6) is 0.270. The second kappa shape index (κ2) is 8.86. The quantitative estimate of drug-likeness (QED) is 0.614. The highest BCUT2D eigenvalue weighted by Gasteiger charge is 2.24. The number of carbonyl (C=O) groups excluding carboxylic acids is 1. The van der Waals surface area contributed by atoms with Gasteiger partial charge in [-0.3, -0.25) is 9.69 Å². The Morgan fingerprint density at radius 3 is 2.62 bits per heavy atom. The van der Waals surface area contributed by atoms with Crippen molar-refractivity contribution in [2.45, 2.75) is 66.0 Å². The average Bonchev–Trinajstić information content (AvgIpc) is 2.82. The fourth-order valence-electron chi connectivity index (χ4n) is 2.51. The molecule has 4 heteroatoms. The van der Waals surface area contributed by atoms with Crippen molar-refractivity contribution in [1.82, 2.24) is 4.90 Å². The Morgan fingerprint density at radius 1 is 1.29 bits per heavy atom. The van der Waals surface area contributed by atoms with E-state index in [1.165, 1.54) is 12.8 Å². The summed E-state index contributed by atoms with van der Waals surface area (Å²) in [5.41, 5.74) is -0.252. The van der Waals surface area contributed by atoms with E-state index in [0.717, 1.165) is 19.7 Å². The lowest BCUT2D eigenvalue weighted by atomic mass is 9.89. The van der Waals surface area contributed by atoms with Crippen LogP contribution in [-0.4, -0.2) is 55.7 Å². The normalized spacial score (nSPS) is 20.4. The van der Waals surface area contributed by atoms with Crippen LogP contribution < -0.4 is 0 Å². The second-order valence-electron chi connectivity index (χ2n) is 7.25. The lowest BCUT2D eigenvalue weighted by Gasteiger charge is -2.25. The van der Waals surface area contributed by atoms with Crippen molar-refractivity contribution < 1.29 is 14.3 Å². The van der Waals surface area contributed by atoms with Gasteiger partial charge in [-0.1, -0.05) is 20.8 Å². The summed E-state index contributed by atoms with van der Waals surface area (Å²) >= 11 is 0. The van der Waals surface area contributed by atoms with Gasteiger partial charge in [0.25, 0.3) is 0 Å². The predicted octanol–water partition coefficient (Wildman–Crippen LogP) is 2.90. The molecule has 4 nitrogen and oxygen atoms in total.